The van der Waals surface area contributed by atoms with Gasteiger partial charge in [-0.3, -0.25) is 0 Å². The number of rotatable bonds is 3. The first-order chi connectivity index (χ1) is 8.06. The third-order valence-corrected chi connectivity index (χ3v) is 4.62. The quantitative estimate of drug-likeness (QED) is 0.734. The Kier molecular flexibility index (Phi) is 4.22. The van der Waals surface area contributed by atoms with Crippen LogP contribution < -0.4 is 5.32 Å². The first-order valence-electron chi connectivity index (χ1n) is 5.03. The van der Waals surface area contributed by atoms with Gasteiger partial charge in [-0.15, -0.1) is 11.3 Å². The second-order valence-electron chi connectivity index (χ2n) is 3.63. The van der Waals surface area contributed by atoms with Crippen LogP contribution in [0, 0.1) is 5.82 Å². The highest BCUT2D eigenvalue weighted by Crippen LogP contribution is 2.30. The summed E-state index contributed by atoms with van der Waals surface area (Å²) in [6.45, 7) is 2.01. The highest BCUT2D eigenvalue weighted by Gasteiger charge is 2.10. The molecular weight excluding hydrogens is 369 g/mol. The van der Waals surface area contributed by atoms with E-state index in [4.69, 9.17) is 0 Å². The second-order valence-corrected chi connectivity index (χ2v) is 7.04. The van der Waals surface area contributed by atoms with Crippen LogP contribution in [0.1, 0.15) is 17.8 Å². The van der Waals surface area contributed by atoms with Crippen molar-refractivity contribution in [3.8, 4) is 0 Å². The van der Waals surface area contributed by atoms with Crippen LogP contribution in [0.4, 0.5) is 10.1 Å². The molecule has 0 saturated heterocycles. The number of hydrogen-bond acceptors (Lipinski definition) is 2. The Bertz CT molecular complexity index is 527. The molecule has 5 heteroatoms. The van der Waals surface area contributed by atoms with E-state index in [0.717, 1.165) is 8.26 Å². The largest absolute Gasteiger partial charge is 0.375 e. The molecule has 2 rings (SSSR count). The molecule has 90 valence electrons. The van der Waals surface area contributed by atoms with E-state index in [2.05, 4.69) is 37.2 Å². The van der Waals surface area contributed by atoms with Crippen LogP contribution in [0.2, 0.25) is 0 Å². The maximum atomic E-state index is 13.6. The molecule has 17 heavy (non-hydrogen) atoms. The van der Waals surface area contributed by atoms with E-state index in [9.17, 15) is 4.39 Å². The zero-order valence-corrected chi connectivity index (χ0v) is 13.0. The topological polar surface area (TPSA) is 12.0 Å². The molecule has 0 fully saturated rings. The van der Waals surface area contributed by atoms with E-state index in [0.29, 0.717) is 5.69 Å². The lowest BCUT2D eigenvalue weighted by Crippen LogP contribution is -2.06. The first-order valence-corrected chi connectivity index (χ1v) is 7.43. The monoisotopic (exact) mass is 377 g/mol. The number of nitrogens with one attached hydrogen (secondary N) is 1. The van der Waals surface area contributed by atoms with E-state index in [-0.39, 0.29) is 11.9 Å². The molecule has 1 aromatic carbocycles. The van der Waals surface area contributed by atoms with Crippen LogP contribution in [0.25, 0.3) is 0 Å². The zero-order chi connectivity index (χ0) is 12.4. The molecule has 0 aliphatic carbocycles. The van der Waals surface area contributed by atoms with Gasteiger partial charge >= 0.3 is 0 Å². The Morgan fingerprint density at radius 1 is 1.24 bits per heavy atom. The summed E-state index contributed by atoms with van der Waals surface area (Å²) in [5, 5.41) is 3.16. The van der Waals surface area contributed by atoms with Crippen LogP contribution >= 0.6 is 43.2 Å². The minimum atomic E-state index is -0.248. The summed E-state index contributed by atoms with van der Waals surface area (Å²) >= 11 is 8.31. The van der Waals surface area contributed by atoms with Gasteiger partial charge in [0.25, 0.3) is 0 Å². The highest BCUT2D eigenvalue weighted by atomic mass is 79.9. The summed E-state index contributed by atoms with van der Waals surface area (Å²) in [6, 6.07) is 9.13. The van der Waals surface area contributed by atoms with Gasteiger partial charge in [0.15, 0.2) is 0 Å². The van der Waals surface area contributed by atoms with Crippen molar-refractivity contribution >= 4 is 48.9 Å². The number of anilines is 1. The van der Waals surface area contributed by atoms with Crippen molar-refractivity contribution in [2.24, 2.45) is 0 Å². The maximum Gasteiger partial charge on any atom is 0.147 e. The summed E-state index contributed by atoms with van der Waals surface area (Å²) in [7, 11) is 0. The molecule has 0 spiro atoms. The Labute approximate surface area is 120 Å². The van der Waals surface area contributed by atoms with Gasteiger partial charge in [0.05, 0.1) is 15.5 Å². The van der Waals surface area contributed by atoms with Gasteiger partial charge < -0.3 is 5.32 Å². The Hall–Kier alpha value is -0.390. The predicted molar refractivity (Wildman–Crippen MR) is 78.2 cm³/mol. The summed E-state index contributed by atoms with van der Waals surface area (Å²) < 4.78 is 15.5. The molecule has 1 N–H and O–H groups in total. The van der Waals surface area contributed by atoms with Crippen LogP contribution in [0.5, 0.6) is 0 Å². The molecule has 2 aromatic rings. The molecule has 0 saturated carbocycles. The minimum Gasteiger partial charge on any atom is -0.375 e. The lowest BCUT2D eigenvalue weighted by Gasteiger charge is -2.14. The van der Waals surface area contributed by atoms with Crippen molar-refractivity contribution in [1.29, 1.82) is 0 Å². The average Bonchev–Trinajstić information content (AvgIpc) is 2.69. The lowest BCUT2D eigenvalue weighted by atomic mass is 10.2. The fourth-order valence-electron chi connectivity index (χ4n) is 1.47. The standard InChI is InChI=1S/C12H10Br2FNS/c1-7(11-4-5-12(14)17-11)16-10-3-2-8(13)6-9(10)15/h2-7,16H,1H3. The van der Waals surface area contributed by atoms with Gasteiger partial charge in [-0.1, -0.05) is 15.9 Å². The summed E-state index contributed by atoms with van der Waals surface area (Å²) in [5.74, 6) is -0.248. The smallest absolute Gasteiger partial charge is 0.147 e. The minimum absolute atomic E-state index is 0.0852. The van der Waals surface area contributed by atoms with E-state index in [1.54, 1.807) is 17.4 Å². The van der Waals surface area contributed by atoms with Gasteiger partial charge in [-0.05, 0) is 53.2 Å². The van der Waals surface area contributed by atoms with E-state index in [1.807, 2.05) is 25.1 Å². The van der Waals surface area contributed by atoms with Crippen LogP contribution in [0.3, 0.4) is 0 Å². The second kappa shape index (κ2) is 5.50. The van der Waals surface area contributed by atoms with Gasteiger partial charge in [-0.25, -0.2) is 4.39 Å². The Morgan fingerprint density at radius 3 is 2.59 bits per heavy atom. The van der Waals surface area contributed by atoms with E-state index >= 15 is 0 Å². The SMILES string of the molecule is CC(Nc1ccc(Br)cc1F)c1ccc(Br)s1. The van der Waals surface area contributed by atoms with Crippen LogP contribution in [-0.4, -0.2) is 0 Å². The van der Waals surface area contributed by atoms with Crippen molar-refractivity contribution in [3.05, 3.63) is 49.3 Å². The summed E-state index contributed by atoms with van der Waals surface area (Å²) in [4.78, 5) is 1.17. The van der Waals surface area contributed by atoms with Crippen molar-refractivity contribution in [2.75, 3.05) is 5.32 Å². The molecule has 1 heterocycles. The highest BCUT2D eigenvalue weighted by molar-refractivity contribution is 9.11. The van der Waals surface area contributed by atoms with Crippen molar-refractivity contribution in [1.82, 2.24) is 0 Å². The maximum absolute atomic E-state index is 13.6. The molecule has 1 nitrogen and oxygen atoms in total. The number of benzene rings is 1. The zero-order valence-electron chi connectivity index (χ0n) is 9.01. The lowest BCUT2D eigenvalue weighted by molar-refractivity contribution is 0.627. The van der Waals surface area contributed by atoms with Gasteiger partial charge in [0, 0.05) is 9.35 Å². The van der Waals surface area contributed by atoms with Crippen molar-refractivity contribution in [3.63, 3.8) is 0 Å². The normalized spacial score (nSPS) is 12.5. The van der Waals surface area contributed by atoms with Crippen LogP contribution in [0.15, 0.2) is 38.6 Å². The van der Waals surface area contributed by atoms with Crippen molar-refractivity contribution in [2.45, 2.75) is 13.0 Å². The Balaban J connectivity index is 2.15. The number of hydrogen-bond donors (Lipinski definition) is 1. The summed E-state index contributed by atoms with van der Waals surface area (Å²) in [5.41, 5.74) is 0.519. The molecule has 0 radical (unpaired) electrons. The van der Waals surface area contributed by atoms with Crippen molar-refractivity contribution < 1.29 is 4.39 Å². The third kappa shape index (κ3) is 3.30. The molecule has 0 amide bonds. The third-order valence-electron chi connectivity index (χ3n) is 2.32. The molecule has 0 aliphatic rings. The van der Waals surface area contributed by atoms with E-state index in [1.165, 1.54) is 10.9 Å². The molecule has 1 aromatic heterocycles. The fourth-order valence-corrected chi connectivity index (χ4v) is 3.23. The average molecular weight is 379 g/mol. The molecule has 0 bridgehead atoms. The number of thiophene rings is 1. The first kappa shape index (κ1) is 13.1. The molecular formula is C12H10Br2FNS. The molecule has 0 aliphatic heterocycles. The van der Waals surface area contributed by atoms with E-state index < -0.39 is 0 Å². The van der Waals surface area contributed by atoms with Gasteiger partial charge in [0.1, 0.15) is 5.82 Å². The fraction of sp³-hybridized carbons (Fsp3) is 0.167. The Morgan fingerprint density at radius 2 is 2.00 bits per heavy atom. The van der Waals surface area contributed by atoms with Gasteiger partial charge in [-0.2, -0.15) is 0 Å². The summed E-state index contributed by atoms with van der Waals surface area (Å²) in [6.07, 6.45) is 0. The molecule has 1 atom stereocenters. The van der Waals surface area contributed by atoms with Gasteiger partial charge in [0.2, 0.25) is 0 Å². The predicted octanol–water partition coefficient (Wildman–Crippen LogP) is 5.59. The van der Waals surface area contributed by atoms with Crippen LogP contribution in [-0.2, 0) is 0 Å². The number of halogens is 3. The molecule has 1 unspecified atom stereocenters.